The summed E-state index contributed by atoms with van der Waals surface area (Å²) in [5, 5.41) is 11.3. The van der Waals surface area contributed by atoms with Crippen molar-refractivity contribution >= 4 is 16.5 Å². The van der Waals surface area contributed by atoms with E-state index in [1.165, 1.54) is 12.1 Å². The van der Waals surface area contributed by atoms with E-state index in [4.69, 9.17) is 4.74 Å². The zero-order valence-electron chi connectivity index (χ0n) is 13.6. The van der Waals surface area contributed by atoms with E-state index in [0.717, 1.165) is 50.2 Å². The predicted molar refractivity (Wildman–Crippen MR) is 89.9 cm³/mol. The van der Waals surface area contributed by atoms with Crippen LogP contribution < -0.4 is 10.9 Å². The van der Waals surface area contributed by atoms with Crippen LogP contribution in [0.25, 0.3) is 10.8 Å². The molecule has 0 saturated carbocycles. The lowest BCUT2D eigenvalue weighted by Gasteiger charge is -2.30. The molecule has 24 heavy (non-hydrogen) atoms. The average molecular weight is 332 g/mol. The first-order chi connectivity index (χ1) is 11.7. The first-order valence-corrected chi connectivity index (χ1v) is 8.34. The van der Waals surface area contributed by atoms with Crippen LogP contribution in [0, 0.1) is 11.7 Å². The van der Waals surface area contributed by atoms with Gasteiger partial charge in [0.1, 0.15) is 5.82 Å². The molecule has 2 aliphatic rings. The molecule has 2 N–H and O–H groups in total. The zero-order valence-corrected chi connectivity index (χ0v) is 13.6. The number of likely N-dealkylation sites (tertiary alicyclic amines) is 1. The standard InChI is InChI=1S/C17H21FN4O2/c1-24-5-4-22-3-2-10(9-22)13-8-15-16-12(17(23)21-20-15)6-11(18)7-14(16)19-13/h6-7,10,13,19H,2-5,8-9H2,1H3,(H,21,23). The van der Waals surface area contributed by atoms with Crippen LogP contribution in [-0.4, -0.2) is 54.5 Å². The molecular weight excluding hydrogens is 311 g/mol. The highest BCUT2D eigenvalue weighted by Crippen LogP contribution is 2.34. The molecule has 0 spiro atoms. The van der Waals surface area contributed by atoms with Crippen molar-refractivity contribution in [3.8, 4) is 0 Å². The first-order valence-electron chi connectivity index (χ1n) is 8.34. The second kappa shape index (κ2) is 6.14. The van der Waals surface area contributed by atoms with E-state index >= 15 is 0 Å². The van der Waals surface area contributed by atoms with Crippen molar-refractivity contribution in [3.63, 3.8) is 0 Å². The maximum atomic E-state index is 13.9. The molecule has 1 aromatic carbocycles. The van der Waals surface area contributed by atoms with E-state index in [1.54, 1.807) is 7.11 Å². The Kier molecular flexibility index (Phi) is 3.97. The van der Waals surface area contributed by atoms with Gasteiger partial charge in [-0.3, -0.25) is 4.79 Å². The van der Waals surface area contributed by atoms with Gasteiger partial charge >= 0.3 is 0 Å². The predicted octanol–water partition coefficient (Wildman–Crippen LogP) is 1.37. The molecule has 1 saturated heterocycles. The molecule has 0 radical (unpaired) electrons. The molecule has 1 fully saturated rings. The van der Waals surface area contributed by atoms with Crippen molar-refractivity contribution < 1.29 is 9.13 Å². The Balaban J connectivity index is 1.60. The fraction of sp³-hybridized carbons (Fsp3) is 0.529. The second-order valence-electron chi connectivity index (χ2n) is 6.67. The maximum Gasteiger partial charge on any atom is 0.272 e. The van der Waals surface area contributed by atoms with Gasteiger partial charge in [0.05, 0.1) is 17.7 Å². The van der Waals surface area contributed by atoms with Crippen LogP contribution in [0.15, 0.2) is 16.9 Å². The number of rotatable bonds is 4. The number of anilines is 1. The molecule has 0 amide bonds. The fourth-order valence-corrected chi connectivity index (χ4v) is 3.95. The third-order valence-electron chi connectivity index (χ3n) is 5.17. The zero-order chi connectivity index (χ0) is 16.7. The van der Waals surface area contributed by atoms with Gasteiger partial charge in [-0.25, -0.2) is 9.49 Å². The van der Waals surface area contributed by atoms with Crippen LogP contribution >= 0.6 is 0 Å². The molecule has 0 bridgehead atoms. The monoisotopic (exact) mass is 332 g/mol. The summed E-state index contributed by atoms with van der Waals surface area (Å²) in [5.74, 6) is 0.0727. The molecule has 128 valence electrons. The molecule has 2 aliphatic heterocycles. The van der Waals surface area contributed by atoms with Crippen LogP contribution in [0.2, 0.25) is 0 Å². The Morgan fingerprint density at radius 1 is 1.46 bits per heavy atom. The fourth-order valence-electron chi connectivity index (χ4n) is 3.95. The lowest BCUT2D eigenvalue weighted by Crippen LogP contribution is -2.37. The highest BCUT2D eigenvalue weighted by Gasteiger charge is 2.33. The van der Waals surface area contributed by atoms with Gasteiger partial charge < -0.3 is 15.0 Å². The molecule has 3 heterocycles. The summed E-state index contributed by atoms with van der Waals surface area (Å²) in [6.07, 6.45) is 1.84. The highest BCUT2D eigenvalue weighted by molar-refractivity contribution is 5.96. The van der Waals surface area contributed by atoms with Crippen LogP contribution in [0.4, 0.5) is 10.1 Å². The minimum absolute atomic E-state index is 0.202. The third kappa shape index (κ3) is 2.67. The average Bonchev–Trinajstić information content (AvgIpc) is 3.04. The quantitative estimate of drug-likeness (QED) is 0.885. The summed E-state index contributed by atoms with van der Waals surface area (Å²) in [7, 11) is 1.72. The Bertz CT molecular complexity index is 822. The van der Waals surface area contributed by atoms with Crippen LogP contribution in [0.5, 0.6) is 0 Å². The molecular formula is C17H21FN4O2. The number of aromatic nitrogens is 2. The van der Waals surface area contributed by atoms with Crippen molar-refractivity contribution in [3.05, 3.63) is 34.0 Å². The van der Waals surface area contributed by atoms with Crippen molar-refractivity contribution in [1.82, 2.24) is 15.1 Å². The van der Waals surface area contributed by atoms with E-state index in [2.05, 4.69) is 20.4 Å². The van der Waals surface area contributed by atoms with Gasteiger partial charge in [0, 0.05) is 43.7 Å². The summed E-state index contributed by atoms with van der Waals surface area (Å²) < 4.78 is 19.0. The first kappa shape index (κ1) is 15.5. The number of ether oxygens (including phenoxy) is 1. The molecule has 7 heteroatoms. The lowest BCUT2D eigenvalue weighted by molar-refractivity contribution is 0.158. The normalized spacial score (nSPS) is 23.6. The lowest BCUT2D eigenvalue weighted by atomic mass is 9.89. The molecule has 4 rings (SSSR count). The van der Waals surface area contributed by atoms with Gasteiger partial charge in [-0.05, 0) is 31.0 Å². The number of H-pyrrole nitrogens is 1. The number of methoxy groups -OCH3 is 1. The molecule has 6 nitrogen and oxygen atoms in total. The summed E-state index contributed by atoms with van der Waals surface area (Å²) in [4.78, 5) is 14.3. The molecule has 2 atom stereocenters. The van der Waals surface area contributed by atoms with E-state index in [9.17, 15) is 9.18 Å². The summed E-state index contributed by atoms with van der Waals surface area (Å²) in [5.41, 5.74) is 1.19. The Morgan fingerprint density at radius 3 is 3.17 bits per heavy atom. The topological polar surface area (TPSA) is 70.2 Å². The highest BCUT2D eigenvalue weighted by atomic mass is 19.1. The minimum atomic E-state index is -0.401. The number of nitrogens with one attached hydrogen (secondary N) is 2. The molecule has 2 unspecified atom stereocenters. The maximum absolute atomic E-state index is 13.9. The van der Waals surface area contributed by atoms with Gasteiger partial charge in [0.2, 0.25) is 0 Å². The van der Waals surface area contributed by atoms with Crippen LogP contribution in [0.3, 0.4) is 0 Å². The van der Waals surface area contributed by atoms with Crippen molar-refractivity contribution in [2.45, 2.75) is 18.9 Å². The number of hydrogen-bond acceptors (Lipinski definition) is 5. The van der Waals surface area contributed by atoms with E-state index in [1.807, 2.05) is 0 Å². The Hall–Kier alpha value is -1.99. The number of hydrogen-bond donors (Lipinski definition) is 2. The van der Waals surface area contributed by atoms with Gasteiger partial charge in [-0.1, -0.05) is 0 Å². The number of aromatic amines is 1. The minimum Gasteiger partial charge on any atom is -0.383 e. The van der Waals surface area contributed by atoms with Crippen molar-refractivity contribution in [2.75, 3.05) is 38.7 Å². The second-order valence-corrected chi connectivity index (χ2v) is 6.67. The van der Waals surface area contributed by atoms with Crippen molar-refractivity contribution in [2.24, 2.45) is 5.92 Å². The van der Waals surface area contributed by atoms with Crippen molar-refractivity contribution in [1.29, 1.82) is 0 Å². The third-order valence-corrected chi connectivity index (χ3v) is 5.17. The van der Waals surface area contributed by atoms with E-state index in [0.29, 0.717) is 17.0 Å². The number of benzene rings is 1. The molecule has 0 aliphatic carbocycles. The van der Waals surface area contributed by atoms with Crippen LogP contribution in [-0.2, 0) is 11.2 Å². The van der Waals surface area contributed by atoms with Gasteiger partial charge in [0.25, 0.3) is 5.56 Å². The number of halogens is 1. The Morgan fingerprint density at radius 2 is 2.33 bits per heavy atom. The summed E-state index contributed by atoms with van der Waals surface area (Å²) >= 11 is 0. The van der Waals surface area contributed by atoms with Crippen LogP contribution in [0.1, 0.15) is 12.1 Å². The smallest absolute Gasteiger partial charge is 0.272 e. The van der Waals surface area contributed by atoms with E-state index in [-0.39, 0.29) is 11.6 Å². The molecule has 2 aromatic rings. The summed E-state index contributed by atoms with van der Waals surface area (Å²) in [6.45, 7) is 3.72. The number of nitrogens with zero attached hydrogens (tertiary/aromatic N) is 2. The largest absolute Gasteiger partial charge is 0.383 e. The van der Waals surface area contributed by atoms with E-state index < -0.39 is 5.82 Å². The van der Waals surface area contributed by atoms with Gasteiger partial charge in [-0.2, -0.15) is 5.10 Å². The van der Waals surface area contributed by atoms with Gasteiger partial charge in [0.15, 0.2) is 0 Å². The summed E-state index contributed by atoms with van der Waals surface area (Å²) in [6, 6.07) is 2.96. The Labute approximate surface area is 139 Å². The molecule has 1 aromatic heterocycles. The van der Waals surface area contributed by atoms with Gasteiger partial charge in [-0.15, -0.1) is 0 Å². The SMILES string of the molecule is COCCN1CCC(C2Cc3n[nH]c(=O)c4cc(F)cc(c34)N2)C1.